The first-order valence-electron chi connectivity index (χ1n) is 6.67. The van der Waals surface area contributed by atoms with E-state index in [0.29, 0.717) is 12.6 Å². The zero-order chi connectivity index (χ0) is 13.0. The highest BCUT2D eigenvalue weighted by atomic mass is 16.5. The number of aromatic nitrogens is 1. The second-order valence-corrected chi connectivity index (χ2v) is 4.99. The number of anilines is 1. The van der Waals surface area contributed by atoms with Gasteiger partial charge in [-0.1, -0.05) is 6.07 Å². The third kappa shape index (κ3) is 3.21. The van der Waals surface area contributed by atoms with Crippen LogP contribution in [0.1, 0.15) is 25.3 Å². The molecule has 4 nitrogen and oxygen atoms in total. The lowest BCUT2D eigenvalue weighted by Gasteiger charge is -2.30. The van der Waals surface area contributed by atoms with Gasteiger partial charge in [0, 0.05) is 32.4 Å². The van der Waals surface area contributed by atoms with Crippen molar-refractivity contribution in [2.45, 2.75) is 32.4 Å². The molecular weight excluding hydrogens is 226 g/mol. The highest BCUT2D eigenvalue weighted by molar-refractivity contribution is 5.41. The fraction of sp³-hybridized carbons (Fsp3) is 0.643. The number of ether oxygens (including phenoxy) is 1. The van der Waals surface area contributed by atoms with E-state index >= 15 is 0 Å². The van der Waals surface area contributed by atoms with Crippen LogP contribution < -0.4 is 10.6 Å². The molecule has 2 rings (SSSR count). The molecule has 1 aromatic heterocycles. The number of hydrogen-bond acceptors (Lipinski definition) is 4. The molecule has 1 heterocycles. The Morgan fingerprint density at radius 3 is 2.78 bits per heavy atom. The lowest BCUT2D eigenvalue weighted by Crippen LogP contribution is -2.37. The first-order valence-corrected chi connectivity index (χ1v) is 6.67. The van der Waals surface area contributed by atoms with Gasteiger partial charge in [-0.25, -0.2) is 4.98 Å². The molecule has 0 bridgehead atoms. The van der Waals surface area contributed by atoms with Gasteiger partial charge in [-0.15, -0.1) is 0 Å². The Hall–Kier alpha value is -1.13. The van der Waals surface area contributed by atoms with Crippen molar-refractivity contribution in [2.75, 3.05) is 25.2 Å². The zero-order valence-electron chi connectivity index (χ0n) is 11.3. The van der Waals surface area contributed by atoms with E-state index in [1.165, 1.54) is 12.8 Å². The van der Waals surface area contributed by atoms with Crippen LogP contribution in [-0.4, -0.2) is 31.3 Å². The maximum Gasteiger partial charge on any atom is 0.128 e. The lowest BCUT2D eigenvalue weighted by atomic mass is 10.1. The smallest absolute Gasteiger partial charge is 0.128 e. The third-order valence-electron chi connectivity index (χ3n) is 3.67. The molecule has 4 heteroatoms. The molecule has 1 aliphatic rings. The molecule has 1 saturated carbocycles. The van der Waals surface area contributed by atoms with E-state index in [1.54, 1.807) is 7.11 Å². The third-order valence-corrected chi connectivity index (χ3v) is 3.67. The molecule has 18 heavy (non-hydrogen) atoms. The summed E-state index contributed by atoms with van der Waals surface area (Å²) in [7, 11) is 1.74. The summed E-state index contributed by atoms with van der Waals surface area (Å²) in [6.45, 7) is 4.45. The first kappa shape index (κ1) is 13.3. The summed E-state index contributed by atoms with van der Waals surface area (Å²) < 4.78 is 5.20. The van der Waals surface area contributed by atoms with Gasteiger partial charge in [0.15, 0.2) is 0 Å². The number of hydrogen-bond donors (Lipinski definition) is 1. The molecule has 0 saturated heterocycles. The van der Waals surface area contributed by atoms with Gasteiger partial charge in [0.2, 0.25) is 0 Å². The Balaban J connectivity index is 2.09. The Morgan fingerprint density at radius 2 is 2.28 bits per heavy atom. The van der Waals surface area contributed by atoms with Crippen molar-refractivity contribution in [1.82, 2.24) is 4.98 Å². The van der Waals surface area contributed by atoms with E-state index in [9.17, 15) is 0 Å². The Morgan fingerprint density at radius 1 is 1.50 bits per heavy atom. The predicted molar refractivity (Wildman–Crippen MR) is 73.5 cm³/mol. The minimum absolute atomic E-state index is 0.538. The summed E-state index contributed by atoms with van der Waals surface area (Å²) in [5.41, 5.74) is 6.67. The molecular formula is C14H23N3O. The molecule has 0 aliphatic heterocycles. The van der Waals surface area contributed by atoms with E-state index in [0.717, 1.165) is 30.5 Å². The van der Waals surface area contributed by atoms with Crippen LogP contribution in [0.5, 0.6) is 0 Å². The van der Waals surface area contributed by atoms with E-state index in [2.05, 4.69) is 28.9 Å². The fourth-order valence-corrected chi connectivity index (χ4v) is 2.26. The molecule has 1 fully saturated rings. The van der Waals surface area contributed by atoms with Crippen LogP contribution in [0.15, 0.2) is 18.3 Å². The molecule has 0 aromatic carbocycles. The van der Waals surface area contributed by atoms with Crippen LogP contribution in [0.4, 0.5) is 5.82 Å². The number of methoxy groups -OCH3 is 1. The van der Waals surface area contributed by atoms with Gasteiger partial charge in [0.1, 0.15) is 5.82 Å². The molecule has 1 aliphatic carbocycles. The first-order chi connectivity index (χ1) is 8.76. The summed E-state index contributed by atoms with van der Waals surface area (Å²) in [5.74, 6) is 1.85. The van der Waals surface area contributed by atoms with E-state index < -0.39 is 0 Å². The maximum absolute atomic E-state index is 5.60. The average molecular weight is 249 g/mol. The standard InChI is InChI=1S/C14H23N3O/c1-11(13-4-5-13)17(7-8-18-2)14-6-3-12(9-15)10-16-14/h3,6,10-11,13H,4-5,7-9,15H2,1-2H3. The largest absolute Gasteiger partial charge is 0.383 e. The fourth-order valence-electron chi connectivity index (χ4n) is 2.26. The molecule has 1 unspecified atom stereocenters. The van der Waals surface area contributed by atoms with Gasteiger partial charge in [-0.05, 0) is 37.3 Å². The summed E-state index contributed by atoms with van der Waals surface area (Å²) in [5, 5.41) is 0. The molecule has 0 radical (unpaired) electrons. The second kappa shape index (κ2) is 6.16. The Labute approximate surface area is 109 Å². The highest BCUT2D eigenvalue weighted by Gasteiger charge is 2.32. The van der Waals surface area contributed by atoms with Crippen LogP contribution in [0, 0.1) is 5.92 Å². The number of nitrogens with zero attached hydrogens (tertiary/aromatic N) is 2. The van der Waals surface area contributed by atoms with E-state index in [-0.39, 0.29) is 0 Å². The van der Waals surface area contributed by atoms with E-state index in [4.69, 9.17) is 10.5 Å². The van der Waals surface area contributed by atoms with Crippen LogP contribution in [0.25, 0.3) is 0 Å². The molecule has 1 aromatic rings. The normalized spacial score (nSPS) is 16.6. The molecule has 0 amide bonds. The summed E-state index contributed by atoms with van der Waals surface area (Å²) in [6, 6.07) is 4.66. The maximum atomic E-state index is 5.60. The van der Waals surface area contributed by atoms with Gasteiger partial charge < -0.3 is 15.4 Å². The summed E-state index contributed by atoms with van der Waals surface area (Å²) in [6.07, 6.45) is 4.55. The van der Waals surface area contributed by atoms with Gasteiger partial charge >= 0.3 is 0 Å². The monoisotopic (exact) mass is 249 g/mol. The number of pyridine rings is 1. The molecule has 0 spiro atoms. The quantitative estimate of drug-likeness (QED) is 0.800. The predicted octanol–water partition coefficient (Wildman–Crippen LogP) is 1.79. The lowest BCUT2D eigenvalue weighted by molar-refractivity contribution is 0.202. The Bertz CT molecular complexity index is 362. The van der Waals surface area contributed by atoms with Gasteiger partial charge in [-0.2, -0.15) is 0 Å². The molecule has 1 atom stereocenters. The van der Waals surface area contributed by atoms with Crippen LogP contribution in [0.2, 0.25) is 0 Å². The van der Waals surface area contributed by atoms with Crippen LogP contribution in [0.3, 0.4) is 0 Å². The van der Waals surface area contributed by atoms with Crippen LogP contribution in [-0.2, 0) is 11.3 Å². The number of nitrogens with two attached hydrogens (primary N) is 1. The minimum atomic E-state index is 0.538. The minimum Gasteiger partial charge on any atom is -0.383 e. The van der Waals surface area contributed by atoms with Gasteiger partial charge in [-0.3, -0.25) is 0 Å². The van der Waals surface area contributed by atoms with Crippen molar-refractivity contribution in [3.63, 3.8) is 0 Å². The zero-order valence-corrected chi connectivity index (χ0v) is 11.3. The van der Waals surface area contributed by atoms with E-state index in [1.807, 2.05) is 6.20 Å². The van der Waals surface area contributed by atoms with Gasteiger partial charge in [0.05, 0.1) is 6.61 Å². The van der Waals surface area contributed by atoms with Crippen molar-refractivity contribution in [3.8, 4) is 0 Å². The van der Waals surface area contributed by atoms with Crippen LogP contribution >= 0.6 is 0 Å². The number of rotatable bonds is 7. The van der Waals surface area contributed by atoms with Crippen molar-refractivity contribution in [1.29, 1.82) is 0 Å². The van der Waals surface area contributed by atoms with Gasteiger partial charge in [0.25, 0.3) is 0 Å². The van der Waals surface area contributed by atoms with Crippen molar-refractivity contribution >= 4 is 5.82 Å². The second-order valence-electron chi connectivity index (χ2n) is 4.99. The molecule has 2 N–H and O–H groups in total. The van der Waals surface area contributed by atoms with Crippen molar-refractivity contribution < 1.29 is 4.74 Å². The van der Waals surface area contributed by atoms with Crippen molar-refractivity contribution in [2.24, 2.45) is 11.7 Å². The average Bonchev–Trinajstić information content (AvgIpc) is 3.24. The Kier molecular flexibility index (Phi) is 4.55. The topological polar surface area (TPSA) is 51.4 Å². The van der Waals surface area contributed by atoms with Crippen molar-refractivity contribution in [3.05, 3.63) is 23.9 Å². The SMILES string of the molecule is COCCN(c1ccc(CN)cn1)C(C)C1CC1. The summed E-state index contributed by atoms with van der Waals surface area (Å²) in [4.78, 5) is 6.87. The molecule has 100 valence electrons. The highest BCUT2D eigenvalue weighted by Crippen LogP contribution is 2.36. The summed E-state index contributed by atoms with van der Waals surface area (Å²) >= 11 is 0.